The molecule has 33 heavy (non-hydrogen) atoms. The summed E-state index contributed by atoms with van der Waals surface area (Å²) in [5, 5.41) is 3.25. The van der Waals surface area contributed by atoms with E-state index in [2.05, 4.69) is 29.3 Å². The highest BCUT2D eigenvalue weighted by molar-refractivity contribution is 6.36. The number of carbonyl (C=O) groups excluding carboxylic acids is 2. The summed E-state index contributed by atoms with van der Waals surface area (Å²) < 4.78 is 5.61. The molecule has 0 aromatic heterocycles. The van der Waals surface area contributed by atoms with Crippen LogP contribution in [0.2, 0.25) is 0 Å². The zero-order chi connectivity index (χ0) is 23.0. The van der Waals surface area contributed by atoms with Gasteiger partial charge < -0.3 is 15.0 Å². The first kappa shape index (κ1) is 23.1. The maximum atomic E-state index is 13.3. The molecule has 0 aliphatic carbocycles. The van der Waals surface area contributed by atoms with Crippen LogP contribution in [0.1, 0.15) is 44.6 Å². The van der Waals surface area contributed by atoms with Crippen LogP contribution in [0.15, 0.2) is 60.3 Å². The van der Waals surface area contributed by atoms with E-state index in [-0.39, 0.29) is 11.8 Å². The number of hydrogen-bond acceptors (Lipinski definition) is 5. The Kier molecular flexibility index (Phi) is 7.79. The molecule has 0 spiro atoms. The van der Waals surface area contributed by atoms with Crippen LogP contribution in [0.4, 0.5) is 11.4 Å². The Labute approximate surface area is 196 Å². The predicted molar refractivity (Wildman–Crippen MR) is 132 cm³/mol. The number of ether oxygens (including phenoxy) is 1. The number of benzene rings is 2. The Bertz CT molecular complexity index is 979. The van der Waals surface area contributed by atoms with E-state index >= 15 is 0 Å². The van der Waals surface area contributed by atoms with Gasteiger partial charge in [-0.2, -0.15) is 0 Å². The van der Waals surface area contributed by atoms with E-state index in [9.17, 15) is 9.59 Å². The van der Waals surface area contributed by atoms with Crippen LogP contribution >= 0.6 is 0 Å². The van der Waals surface area contributed by atoms with Crippen molar-refractivity contribution >= 4 is 28.8 Å². The topological polar surface area (TPSA) is 61.9 Å². The Morgan fingerprint density at radius 2 is 1.58 bits per heavy atom. The summed E-state index contributed by atoms with van der Waals surface area (Å²) in [6.07, 6.45) is 5.18. The van der Waals surface area contributed by atoms with Gasteiger partial charge >= 0.3 is 0 Å². The van der Waals surface area contributed by atoms with Crippen molar-refractivity contribution in [3.05, 3.63) is 65.9 Å². The molecule has 1 N–H and O–H groups in total. The van der Waals surface area contributed by atoms with Gasteiger partial charge in [-0.25, -0.2) is 0 Å². The molecule has 4 rings (SSSR count). The fourth-order valence-electron chi connectivity index (χ4n) is 4.32. The number of rotatable bonds is 11. The van der Waals surface area contributed by atoms with Crippen LogP contribution in [0.25, 0.3) is 5.57 Å². The van der Waals surface area contributed by atoms with Crippen molar-refractivity contribution in [2.24, 2.45) is 0 Å². The smallest absolute Gasteiger partial charge is 0.278 e. The summed E-state index contributed by atoms with van der Waals surface area (Å²) in [7, 11) is 0. The number of amides is 2. The first-order valence-corrected chi connectivity index (χ1v) is 12.0. The van der Waals surface area contributed by atoms with Crippen LogP contribution in [0.5, 0.6) is 0 Å². The third-order valence-corrected chi connectivity index (χ3v) is 6.15. The minimum absolute atomic E-state index is 0.254. The van der Waals surface area contributed by atoms with Gasteiger partial charge in [-0.05, 0) is 55.5 Å². The normalized spacial score (nSPS) is 16.3. The number of nitrogens with zero attached hydrogens (tertiary/aromatic N) is 2. The van der Waals surface area contributed by atoms with E-state index < -0.39 is 0 Å². The van der Waals surface area contributed by atoms with Crippen molar-refractivity contribution in [2.45, 2.75) is 39.0 Å². The molecule has 2 aliphatic heterocycles. The number of carbonyl (C=O) groups is 2. The molecule has 2 heterocycles. The van der Waals surface area contributed by atoms with Gasteiger partial charge in [0, 0.05) is 44.2 Å². The third kappa shape index (κ3) is 5.45. The maximum absolute atomic E-state index is 13.3. The highest BCUT2D eigenvalue weighted by atomic mass is 16.5. The molecule has 1 fully saturated rings. The maximum Gasteiger partial charge on any atom is 0.278 e. The number of hydrogen-bond donors (Lipinski definition) is 1. The molecule has 174 valence electrons. The van der Waals surface area contributed by atoms with E-state index in [1.165, 1.54) is 23.4 Å². The molecule has 0 unspecified atom stereocenters. The monoisotopic (exact) mass is 447 g/mol. The lowest BCUT2D eigenvalue weighted by Crippen LogP contribution is -2.34. The predicted octanol–water partition coefficient (Wildman–Crippen LogP) is 4.69. The van der Waals surface area contributed by atoms with Crippen LogP contribution in [-0.4, -0.2) is 49.6 Å². The SMILES string of the molecule is CCCCOCCCN1C(=O)C(Nc2ccc(N3CCCC3)cc2)=C(c2ccccc2)C1=O. The number of unbranched alkanes of at least 4 members (excludes halogenated alkanes) is 1. The van der Waals surface area contributed by atoms with Gasteiger partial charge in [0.15, 0.2) is 0 Å². The largest absolute Gasteiger partial charge is 0.381 e. The molecule has 2 aliphatic rings. The summed E-state index contributed by atoms with van der Waals surface area (Å²) in [6, 6.07) is 17.5. The first-order chi connectivity index (χ1) is 16.2. The summed E-state index contributed by atoms with van der Waals surface area (Å²) in [5.41, 5.74) is 3.50. The van der Waals surface area contributed by atoms with Gasteiger partial charge in [-0.15, -0.1) is 0 Å². The fourth-order valence-corrected chi connectivity index (χ4v) is 4.32. The molecule has 0 atom stereocenters. The Balaban J connectivity index is 1.50. The molecular weight excluding hydrogens is 414 g/mol. The molecule has 2 amide bonds. The summed E-state index contributed by atoms with van der Waals surface area (Å²) in [6.45, 7) is 5.89. The van der Waals surface area contributed by atoms with Gasteiger partial charge in [0.1, 0.15) is 5.70 Å². The van der Waals surface area contributed by atoms with E-state index in [1.54, 1.807) is 0 Å². The van der Waals surface area contributed by atoms with Crippen molar-refractivity contribution in [1.82, 2.24) is 4.90 Å². The Morgan fingerprint density at radius 3 is 2.27 bits per heavy atom. The third-order valence-electron chi connectivity index (χ3n) is 6.15. The second-order valence-corrected chi connectivity index (χ2v) is 8.56. The van der Waals surface area contributed by atoms with Crippen molar-refractivity contribution in [1.29, 1.82) is 0 Å². The lowest BCUT2D eigenvalue weighted by Gasteiger charge is -2.18. The van der Waals surface area contributed by atoms with Crippen LogP contribution in [0.3, 0.4) is 0 Å². The Morgan fingerprint density at radius 1 is 0.879 bits per heavy atom. The fraction of sp³-hybridized carbons (Fsp3) is 0.407. The molecule has 6 nitrogen and oxygen atoms in total. The number of imide groups is 1. The molecule has 1 saturated heterocycles. The summed E-state index contributed by atoms with van der Waals surface area (Å²) in [5.74, 6) is -0.535. The van der Waals surface area contributed by atoms with Crippen molar-refractivity contribution in [2.75, 3.05) is 43.1 Å². The lowest BCUT2D eigenvalue weighted by molar-refractivity contribution is -0.137. The van der Waals surface area contributed by atoms with Crippen molar-refractivity contribution < 1.29 is 14.3 Å². The highest BCUT2D eigenvalue weighted by Crippen LogP contribution is 2.31. The molecule has 0 bridgehead atoms. The minimum Gasteiger partial charge on any atom is -0.381 e. The van der Waals surface area contributed by atoms with Gasteiger partial charge in [0.25, 0.3) is 11.8 Å². The van der Waals surface area contributed by atoms with E-state index in [4.69, 9.17) is 4.74 Å². The van der Waals surface area contributed by atoms with Crippen molar-refractivity contribution in [3.8, 4) is 0 Å². The number of anilines is 2. The van der Waals surface area contributed by atoms with Gasteiger partial charge in [0.2, 0.25) is 0 Å². The van der Waals surface area contributed by atoms with E-state index in [1.807, 2.05) is 42.5 Å². The minimum atomic E-state index is -0.281. The lowest BCUT2D eigenvalue weighted by atomic mass is 10.0. The summed E-state index contributed by atoms with van der Waals surface area (Å²) in [4.78, 5) is 30.3. The zero-order valence-electron chi connectivity index (χ0n) is 19.4. The van der Waals surface area contributed by atoms with Crippen molar-refractivity contribution in [3.63, 3.8) is 0 Å². The summed E-state index contributed by atoms with van der Waals surface area (Å²) >= 11 is 0. The average molecular weight is 448 g/mol. The molecule has 0 saturated carbocycles. The quantitative estimate of drug-likeness (QED) is 0.400. The van der Waals surface area contributed by atoms with Gasteiger partial charge in [-0.3, -0.25) is 14.5 Å². The Hall–Kier alpha value is -3.12. The van der Waals surface area contributed by atoms with Crippen LogP contribution < -0.4 is 10.2 Å². The molecule has 2 aromatic carbocycles. The van der Waals surface area contributed by atoms with E-state index in [0.717, 1.165) is 37.2 Å². The van der Waals surface area contributed by atoms with E-state index in [0.29, 0.717) is 37.4 Å². The standard InChI is InChI=1S/C27H33N3O3/c1-2-3-19-33-20-9-18-30-26(31)24(21-10-5-4-6-11-21)25(27(30)32)28-22-12-14-23(15-13-22)29-16-7-8-17-29/h4-6,10-15,28H,2-3,7-9,16-20H2,1H3. The average Bonchev–Trinajstić information content (AvgIpc) is 3.46. The van der Waals surface area contributed by atoms with Gasteiger partial charge in [-0.1, -0.05) is 43.7 Å². The molecular formula is C27H33N3O3. The molecule has 6 heteroatoms. The van der Waals surface area contributed by atoms with Gasteiger partial charge in [0.05, 0.1) is 5.57 Å². The first-order valence-electron chi connectivity index (χ1n) is 12.0. The van der Waals surface area contributed by atoms with Crippen LogP contribution in [0, 0.1) is 0 Å². The van der Waals surface area contributed by atoms with Crippen LogP contribution in [-0.2, 0) is 14.3 Å². The molecule has 0 radical (unpaired) electrons. The zero-order valence-corrected chi connectivity index (χ0v) is 19.4. The second kappa shape index (κ2) is 11.1. The number of nitrogens with one attached hydrogen (secondary N) is 1. The molecule has 2 aromatic rings. The second-order valence-electron chi connectivity index (χ2n) is 8.56. The highest BCUT2D eigenvalue weighted by Gasteiger charge is 2.38.